The Morgan fingerprint density at radius 3 is 2.62 bits per heavy atom. The van der Waals surface area contributed by atoms with E-state index in [4.69, 9.17) is 9.97 Å². The molecule has 32 heavy (non-hydrogen) atoms. The summed E-state index contributed by atoms with van der Waals surface area (Å²) >= 11 is 0. The summed E-state index contributed by atoms with van der Waals surface area (Å²) < 4.78 is 13.2. The van der Waals surface area contributed by atoms with Crippen LogP contribution >= 0.6 is 0 Å². The van der Waals surface area contributed by atoms with Crippen molar-refractivity contribution in [2.45, 2.75) is 57.8 Å². The third kappa shape index (κ3) is 4.00. The van der Waals surface area contributed by atoms with Crippen LogP contribution in [-0.2, 0) is 22.4 Å². The van der Waals surface area contributed by atoms with Crippen LogP contribution in [0.3, 0.4) is 0 Å². The Morgan fingerprint density at radius 1 is 1.12 bits per heavy atom. The number of aromatic nitrogens is 2. The molecule has 1 aliphatic carbocycles. The zero-order chi connectivity index (χ0) is 22.2. The van der Waals surface area contributed by atoms with Gasteiger partial charge in [-0.15, -0.1) is 0 Å². The third-order valence-corrected chi connectivity index (χ3v) is 7.20. The molecule has 1 saturated carbocycles. The molecular formula is C25H29FN4O2. The second kappa shape index (κ2) is 8.60. The summed E-state index contributed by atoms with van der Waals surface area (Å²) in [6.45, 7) is 3.87. The summed E-state index contributed by atoms with van der Waals surface area (Å²) in [6.07, 6.45) is 6.16. The lowest BCUT2D eigenvalue weighted by Crippen LogP contribution is -2.33. The topological polar surface area (TPSA) is 66.4 Å². The van der Waals surface area contributed by atoms with Crippen molar-refractivity contribution in [1.82, 2.24) is 14.9 Å². The number of aryl methyl sites for hydroxylation is 1. The smallest absolute Gasteiger partial charge is 0.232 e. The van der Waals surface area contributed by atoms with Crippen LogP contribution in [0.5, 0.6) is 0 Å². The highest BCUT2D eigenvalue weighted by molar-refractivity contribution is 6.00. The lowest BCUT2D eigenvalue weighted by Gasteiger charge is -2.21. The largest absolute Gasteiger partial charge is 0.342 e. The highest BCUT2D eigenvalue weighted by Crippen LogP contribution is 2.34. The van der Waals surface area contributed by atoms with E-state index < -0.39 is 0 Å². The number of likely N-dealkylation sites (tertiary alicyclic amines) is 1. The molecule has 7 heteroatoms. The Hall–Kier alpha value is -2.83. The molecule has 0 spiro atoms. The predicted octanol–water partition coefficient (Wildman–Crippen LogP) is 3.56. The molecule has 1 atom stereocenters. The van der Waals surface area contributed by atoms with Crippen molar-refractivity contribution in [1.29, 1.82) is 0 Å². The molecule has 0 bridgehead atoms. The monoisotopic (exact) mass is 436 g/mol. The number of hydrogen-bond donors (Lipinski definition) is 0. The first kappa shape index (κ1) is 21.0. The van der Waals surface area contributed by atoms with Gasteiger partial charge in [0.1, 0.15) is 17.5 Å². The minimum atomic E-state index is -0.263. The zero-order valence-electron chi connectivity index (χ0n) is 18.5. The number of carbonyl (C=O) groups is 2. The Balaban J connectivity index is 1.32. The molecule has 0 radical (unpaired) electrons. The Labute approximate surface area is 187 Å². The van der Waals surface area contributed by atoms with Gasteiger partial charge in [0.15, 0.2) is 0 Å². The Kier molecular flexibility index (Phi) is 5.66. The van der Waals surface area contributed by atoms with E-state index in [9.17, 15) is 14.0 Å². The third-order valence-electron chi connectivity index (χ3n) is 7.20. The molecule has 6 nitrogen and oxygen atoms in total. The molecule has 2 fully saturated rings. The molecular weight excluding hydrogens is 407 g/mol. The number of amides is 2. The van der Waals surface area contributed by atoms with Crippen molar-refractivity contribution in [3.63, 3.8) is 0 Å². The van der Waals surface area contributed by atoms with Crippen molar-refractivity contribution in [3.05, 3.63) is 52.7 Å². The quantitative estimate of drug-likeness (QED) is 0.719. The van der Waals surface area contributed by atoms with Crippen LogP contribution in [0.1, 0.15) is 60.7 Å². The summed E-state index contributed by atoms with van der Waals surface area (Å²) in [5, 5.41) is 0. The van der Waals surface area contributed by atoms with Gasteiger partial charge in [-0.1, -0.05) is 25.0 Å². The van der Waals surface area contributed by atoms with Crippen molar-refractivity contribution in [2.24, 2.45) is 5.92 Å². The van der Waals surface area contributed by atoms with Crippen LogP contribution in [0.4, 0.5) is 10.2 Å². The van der Waals surface area contributed by atoms with Crippen molar-refractivity contribution >= 4 is 17.6 Å². The van der Waals surface area contributed by atoms with Crippen LogP contribution in [0.25, 0.3) is 0 Å². The first-order valence-corrected chi connectivity index (χ1v) is 11.7. The zero-order valence-corrected chi connectivity index (χ0v) is 18.5. The molecule has 2 aliphatic heterocycles. The van der Waals surface area contributed by atoms with Gasteiger partial charge >= 0.3 is 0 Å². The van der Waals surface area contributed by atoms with E-state index in [1.807, 2.05) is 11.8 Å². The molecule has 2 aromatic rings. The first-order chi connectivity index (χ1) is 15.5. The SMILES string of the molecule is Cc1nc([C@@H]2CCN(C(=O)C3CCCC3)C2)nc2c1CC(=O)N2CCc1ccc(F)cc1. The number of benzene rings is 1. The van der Waals surface area contributed by atoms with E-state index >= 15 is 0 Å². The van der Waals surface area contributed by atoms with Crippen LogP contribution in [-0.4, -0.2) is 46.3 Å². The van der Waals surface area contributed by atoms with Gasteiger partial charge in [0, 0.05) is 42.7 Å². The van der Waals surface area contributed by atoms with Crippen LogP contribution < -0.4 is 4.90 Å². The average Bonchev–Trinajstić information content (AvgIpc) is 3.54. The molecule has 1 saturated heterocycles. The Bertz CT molecular complexity index is 1030. The fourth-order valence-electron chi connectivity index (χ4n) is 5.30. The Morgan fingerprint density at radius 2 is 1.88 bits per heavy atom. The molecule has 3 aliphatic rings. The van der Waals surface area contributed by atoms with Gasteiger partial charge in [0.05, 0.1) is 6.42 Å². The van der Waals surface area contributed by atoms with E-state index in [0.29, 0.717) is 37.7 Å². The number of hydrogen-bond acceptors (Lipinski definition) is 4. The van der Waals surface area contributed by atoms with Gasteiger partial charge in [-0.05, 0) is 50.3 Å². The van der Waals surface area contributed by atoms with E-state index in [2.05, 4.69) is 0 Å². The average molecular weight is 437 g/mol. The summed E-state index contributed by atoms with van der Waals surface area (Å²) in [7, 11) is 0. The molecule has 1 aromatic heterocycles. The second-order valence-corrected chi connectivity index (χ2v) is 9.32. The fourth-order valence-corrected chi connectivity index (χ4v) is 5.30. The molecule has 168 valence electrons. The fraction of sp³-hybridized carbons (Fsp3) is 0.520. The second-order valence-electron chi connectivity index (χ2n) is 9.32. The number of carbonyl (C=O) groups excluding carboxylic acids is 2. The summed E-state index contributed by atoms with van der Waals surface area (Å²) in [4.78, 5) is 38.9. The molecule has 2 amide bonds. The first-order valence-electron chi connectivity index (χ1n) is 11.7. The van der Waals surface area contributed by atoms with Gasteiger partial charge in [0.2, 0.25) is 11.8 Å². The van der Waals surface area contributed by atoms with Gasteiger partial charge in [0.25, 0.3) is 0 Å². The standard InChI is InChI=1S/C25H29FN4O2/c1-16-21-14-22(31)30(13-10-17-6-8-20(26)9-7-17)24(21)28-23(27-16)19-11-12-29(15-19)25(32)18-4-2-3-5-18/h6-9,18-19H,2-5,10-15H2,1H3/t19-/m1/s1. The lowest BCUT2D eigenvalue weighted by molar-refractivity contribution is -0.134. The highest BCUT2D eigenvalue weighted by atomic mass is 19.1. The van der Waals surface area contributed by atoms with E-state index in [0.717, 1.165) is 61.3 Å². The van der Waals surface area contributed by atoms with Gasteiger partial charge < -0.3 is 4.90 Å². The van der Waals surface area contributed by atoms with E-state index in [1.165, 1.54) is 12.1 Å². The number of nitrogens with zero attached hydrogens (tertiary/aromatic N) is 4. The van der Waals surface area contributed by atoms with Crippen LogP contribution in [0.2, 0.25) is 0 Å². The van der Waals surface area contributed by atoms with Crippen molar-refractivity contribution < 1.29 is 14.0 Å². The van der Waals surface area contributed by atoms with E-state index in [-0.39, 0.29) is 23.6 Å². The van der Waals surface area contributed by atoms with Gasteiger partial charge in [-0.3, -0.25) is 14.5 Å². The molecule has 0 N–H and O–H groups in total. The number of fused-ring (bicyclic) bond motifs is 1. The van der Waals surface area contributed by atoms with Crippen molar-refractivity contribution in [2.75, 3.05) is 24.5 Å². The number of anilines is 1. The summed E-state index contributed by atoms with van der Waals surface area (Å²) in [5.74, 6) is 1.81. The maximum absolute atomic E-state index is 13.2. The molecule has 0 unspecified atom stereocenters. The molecule has 1 aromatic carbocycles. The highest BCUT2D eigenvalue weighted by Gasteiger charge is 2.36. The lowest BCUT2D eigenvalue weighted by atomic mass is 10.1. The number of halogens is 1. The number of rotatable bonds is 5. The summed E-state index contributed by atoms with van der Waals surface area (Å²) in [6, 6.07) is 6.39. The maximum Gasteiger partial charge on any atom is 0.232 e. The molecule has 5 rings (SSSR count). The van der Waals surface area contributed by atoms with Gasteiger partial charge in [-0.2, -0.15) is 0 Å². The van der Waals surface area contributed by atoms with Crippen LogP contribution in [0, 0.1) is 18.7 Å². The molecule has 3 heterocycles. The van der Waals surface area contributed by atoms with Crippen LogP contribution in [0.15, 0.2) is 24.3 Å². The van der Waals surface area contributed by atoms with Crippen molar-refractivity contribution in [3.8, 4) is 0 Å². The predicted molar refractivity (Wildman–Crippen MR) is 119 cm³/mol. The van der Waals surface area contributed by atoms with Gasteiger partial charge in [-0.25, -0.2) is 14.4 Å². The minimum absolute atomic E-state index is 0.0288. The summed E-state index contributed by atoms with van der Waals surface area (Å²) in [5.41, 5.74) is 2.73. The normalized spacial score (nSPS) is 20.9. The minimum Gasteiger partial charge on any atom is -0.342 e. The maximum atomic E-state index is 13.2. The van der Waals surface area contributed by atoms with E-state index in [1.54, 1.807) is 17.0 Å².